The molecule has 7 nitrogen and oxygen atoms in total. The molecule has 0 saturated carbocycles. The molecule has 0 radical (unpaired) electrons. The fraction of sp³-hybridized carbons (Fsp3) is 0.500. The van der Waals surface area contributed by atoms with Crippen LogP contribution in [0.3, 0.4) is 0 Å². The summed E-state index contributed by atoms with van der Waals surface area (Å²) in [7, 11) is 0. The summed E-state index contributed by atoms with van der Waals surface area (Å²) in [6.07, 6.45) is 3.44. The molecule has 0 unspecified atom stereocenters. The Balaban J connectivity index is 2.12. The van der Waals surface area contributed by atoms with E-state index in [-0.39, 0.29) is 17.4 Å². The van der Waals surface area contributed by atoms with Crippen LogP contribution in [0.15, 0.2) is 23.1 Å². The number of thioether (sulfide) groups is 1. The normalized spacial score (nSPS) is 15.2. The van der Waals surface area contributed by atoms with Crippen molar-refractivity contribution in [2.75, 3.05) is 26.3 Å². The highest BCUT2D eigenvalue weighted by atomic mass is 32.2. The SMILES string of the molecule is CCCCNC(=O)CN1C(=O)S/C(=C\c2ccc(OCC(C)C)c(OCC)c2)C1=O. The molecule has 1 saturated heterocycles. The molecule has 1 aromatic rings. The standard InChI is InChI=1S/C22H30N2O5S/c1-5-7-10-23-20(25)13-24-21(26)19(30-22(24)27)12-16-8-9-17(29-14-15(3)4)18(11-16)28-6-2/h8-9,11-12,15H,5-7,10,13-14H2,1-4H3,(H,23,25)/b19-12-. The maximum absolute atomic E-state index is 12.6. The number of hydrogen-bond acceptors (Lipinski definition) is 6. The minimum Gasteiger partial charge on any atom is -0.490 e. The number of carbonyl (C=O) groups is 3. The van der Waals surface area contributed by atoms with Crippen LogP contribution >= 0.6 is 11.8 Å². The Morgan fingerprint density at radius 3 is 2.63 bits per heavy atom. The summed E-state index contributed by atoms with van der Waals surface area (Å²) in [6, 6.07) is 5.39. The molecule has 0 aliphatic carbocycles. The molecule has 30 heavy (non-hydrogen) atoms. The first-order chi connectivity index (χ1) is 14.3. The molecule has 0 atom stereocenters. The van der Waals surface area contributed by atoms with Crippen molar-refractivity contribution in [3.05, 3.63) is 28.7 Å². The van der Waals surface area contributed by atoms with Gasteiger partial charge in [-0.3, -0.25) is 19.3 Å². The van der Waals surface area contributed by atoms with Crippen molar-refractivity contribution >= 4 is 34.9 Å². The van der Waals surface area contributed by atoms with E-state index in [1.54, 1.807) is 18.2 Å². The molecule has 1 aromatic carbocycles. The van der Waals surface area contributed by atoms with Crippen LogP contribution in [0.2, 0.25) is 0 Å². The Labute approximate surface area is 182 Å². The lowest BCUT2D eigenvalue weighted by Crippen LogP contribution is -2.39. The minimum atomic E-state index is -0.464. The average Bonchev–Trinajstić information content (AvgIpc) is 2.95. The van der Waals surface area contributed by atoms with Gasteiger partial charge < -0.3 is 14.8 Å². The van der Waals surface area contributed by atoms with E-state index >= 15 is 0 Å². The highest BCUT2D eigenvalue weighted by Gasteiger charge is 2.36. The fourth-order valence-electron chi connectivity index (χ4n) is 2.65. The van der Waals surface area contributed by atoms with Gasteiger partial charge >= 0.3 is 0 Å². The Morgan fingerprint density at radius 1 is 1.20 bits per heavy atom. The van der Waals surface area contributed by atoms with Gasteiger partial charge in [0.25, 0.3) is 11.1 Å². The van der Waals surface area contributed by atoms with Crippen LogP contribution in [0.25, 0.3) is 6.08 Å². The molecule has 1 heterocycles. The van der Waals surface area contributed by atoms with Gasteiger partial charge in [0.2, 0.25) is 5.91 Å². The van der Waals surface area contributed by atoms with E-state index in [2.05, 4.69) is 19.2 Å². The molecule has 1 aliphatic rings. The third-order valence-electron chi connectivity index (χ3n) is 4.17. The second-order valence-corrected chi connectivity index (χ2v) is 8.31. The van der Waals surface area contributed by atoms with Crippen molar-refractivity contribution in [2.45, 2.75) is 40.5 Å². The lowest BCUT2D eigenvalue weighted by molar-refractivity contribution is -0.129. The van der Waals surface area contributed by atoms with E-state index in [1.165, 1.54) is 0 Å². The summed E-state index contributed by atoms with van der Waals surface area (Å²) in [5.74, 6) is 0.803. The monoisotopic (exact) mass is 434 g/mol. The lowest BCUT2D eigenvalue weighted by atomic mass is 10.1. The van der Waals surface area contributed by atoms with Crippen LogP contribution < -0.4 is 14.8 Å². The fourth-order valence-corrected chi connectivity index (χ4v) is 3.49. The van der Waals surface area contributed by atoms with Crippen LogP contribution in [0.5, 0.6) is 11.5 Å². The van der Waals surface area contributed by atoms with Crippen molar-refractivity contribution in [3.63, 3.8) is 0 Å². The molecule has 1 aliphatic heterocycles. The number of unbranched alkanes of at least 4 members (excludes halogenated alkanes) is 1. The van der Waals surface area contributed by atoms with Crippen molar-refractivity contribution in [2.24, 2.45) is 5.92 Å². The molecule has 1 N–H and O–H groups in total. The molecule has 0 aromatic heterocycles. The molecule has 2 rings (SSSR count). The van der Waals surface area contributed by atoms with Crippen LogP contribution in [0.4, 0.5) is 4.79 Å². The van der Waals surface area contributed by atoms with E-state index < -0.39 is 11.1 Å². The number of carbonyl (C=O) groups excluding carboxylic acids is 3. The smallest absolute Gasteiger partial charge is 0.294 e. The third-order valence-corrected chi connectivity index (χ3v) is 5.07. The summed E-state index contributed by atoms with van der Waals surface area (Å²) >= 11 is 0.831. The zero-order chi connectivity index (χ0) is 22.1. The largest absolute Gasteiger partial charge is 0.490 e. The van der Waals surface area contributed by atoms with Gasteiger partial charge in [0.15, 0.2) is 11.5 Å². The number of rotatable bonds is 11. The summed E-state index contributed by atoms with van der Waals surface area (Å²) in [5.41, 5.74) is 0.716. The highest BCUT2D eigenvalue weighted by molar-refractivity contribution is 8.18. The van der Waals surface area contributed by atoms with E-state index in [0.717, 1.165) is 29.5 Å². The van der Waals surface area contributed by atoms with Gasteiger partial charge in [0, 0.05) is 6.54 Å². The first-order valence-electron chi connectivity index (χ1n) is 10.3. The number of benzene rings is 1. The van der Waals surface area contributed by atoms with E-state index in [4.69, 9.17) is 9.47 Å². The molecule has 0 bridgehead atoms. The van der Waals surface area contributed by atoms with Crippen LogP contribution in [-0.2, 0) is 9.59 Å². The first kappa shape index (κ1) is 23.8. The van der Waals surface area contributed by atoms with Gasteiger partial charge in [0.1, 0.15) is 6.54 Å². The number of nitrogens with one attached hydrogen (secondary N) is 1. The Bertz CT molecular complexity index is 807. The van der Waals surface area contributed by atoms with E-state index in [1.807, 2.05) is 19.9 Å². The first-order valence-corrected chi connectivity index (χ1v) is 11.1. The average molecular weight is 435 g/mol. The Morgan fingerprint density at radius 2 is 1.97 bits per heavy atom. The Hall–Kier alpha value is -2.48. The van der Waals surface area contributed by atoms with E-state index in [0.29, 0.717) is 42.7 Å². The summed E-state index contributed by atoms with van der Waals surface area (Å²) in [6.45, 7) is 9.35. The number of hydrogen-bond donors (Lipinski definition) is 1. The van der Waals surface area contributed by atoms with Crippen LogP contribution in [0, 0.1) is 5.92 Å². The van der Waals surface area contributed by atoms with E-state index in [9.17, 15) is 14.4 Å². The highest BCUT2D eigenvalue weighted by Crippen LogP contribution is 2.34. The molecule has 8 heteroatoms. The zero-order valence-corrected chi connectivity index (χ0v) is 18.8. The van der Waals surface area contributed by atoms with Crippen molar-refractivity contribution in [1.82, 2.24) is 10.2 Å². The predicted octanol–water partition coefficient (Wildman–Crippen LogP) is 4.07. The van der Waals surface area contributed by atoms with Crippen molar-refractivity contribution in [3.8, 4) is 11.5 Å². The van der Waals surface area contributed by atoms with Gasteiger partial charge in [-0.05, 0) is 54.8 Å². The van der Waals surface area contributed by atoms with Crippen molar-refractivity contribution < 1.29 is 23.9 Å². The number of ether oxygens (including phenoxy) is 2. The molecule has 0 spiro atoms. The molecule has 1 fully saturated rings. The quantitative estimate of drug-likeness (QED) is 0.417. The maximum Gasteiger partial charge on any atom is 0.294 e. The minimum absolute atomic E-state index is 0.266. The van der Waals surface area contributed by atoms with Gasteiger partial charge in [-0.25, -0.2) is 0 Å². The zero-order valence-electron chi connectivity index (χ0n) is 18.0. The second-order valence-electron chi connectivity index (χ2n) is 7.32. The topological polar surface area (TPSA) is 84.9 Å². The molecular weight excluding hydrogens is 404 g/mol. The lowest BCUT2D eigenvalue weighted by Gasteiger charge is -2.14. The van der Waals surface area contributed by atoms with Gasteiger partial charge in [-0.1, -0.05) is 33.3 Å². The summed E-state index contributed by atoms with van der Waals surface area (Å²) < 4.78 is 11.5. The van der Waals surface area contributed by atoms with Gasteiger partial charge in [-0.2, -0.15) is 0 Å². The number of imide groups is 1. The summed E-state index contributed by atoms with van der Waals surface area (Å²) in [5, 5.41) is 2.27. The molecule has 164 valence electrons. The van der Waals surface area contributed by atoms with Crippen LogP contribution in [-0.4, -0.2) is 48.3 Å². The van der Waals surface area contributed by atoms with Crippen molar-refractivity contribution in [1.29, 1.82) is 0 Å². The summed E-state index contributed by atoms with van der Waals surface area (Å²) in [4.78, 5) is 38.1. The predicted molar refractivity (Wildman–Crippen MR) is 119 cm³/mol. The number of nitrogens with zero attached hydrogens (tertiary/aromatic N) is 1. The van der Waals surface area contributed by atoms with Crippen LogP contribution in [0.1, 0.15) is 46.1 Å². The molecule has 3 amide bonds. The maximum atomic E-state index is 12.6. The Kier molecular flexibility index (Phi) is 9.23. The number of amides is 3. The van der Waals surface area contributed by atoms with Gasteiger partial charge in [0.05, 0.1) is 18.1 Å². The molecular formula is C22H30N2O5S. The third kappa shape index (κ3) is 6.79. The second kappa shape index (κ2) is 11.6. The van der Waals surface area contributed by atoms with Gasteiger partial charge in [-0.15, -0.1) is 0 Å².